The quantitative estimate of drug-likeness (QED) is 0.647. The Bertz CT molecular complexity index is 551. The summed E-state index contributed by atoms with van der Waals surface area (Å²) in [6.07, 6.45) is 4.93. The van der Waals surface area contributed by atoms with Crippen LogP contribution < -0.4 is 11.1 Å². The number of hydrogen-bond donors (Lipinski definition) is 2. The minimum Gasteiger partial charge on any atom is -0.383 e. The van der Waals surface area contributed by atoms with Crippen molar-refractivity contribution in [3.8, 4) is 0 Å². The number of amides is 2. The van der Waals surface area contributed by atoms with Crippen LogP contribution in [0, 0.1) is 0 Å². The smallest absolute Gasteiger partial charge is 0.265 e. The molecule has 2 fully saturated rings. The van der Waals surface area contributed by atoms with Crippen LogP contribution in [-0.4, -0.2) is 74.6 Å². The van der Waals surface area contributed by atoms with Crippen LogP contribution in [0.5, 0.6) is 0 Å². The van der Waals surface area contributed by atoms with Crippen LogP contribution in [0.25, 0.3) is 0 Å². The number of hydrogen-bond acceptors (Lipinski definition) is 5. The molecule has 2 rings (SSSR count). The van der Waals surface area contributed by atoms with Crippen LogP contribution in [0.3, 0.4) is 0 Å². The Morgan fingerprint density at radius 3 is 2.27 bits per heavy atom. The lowest BCUT2D eigenvalue weighted by molar-refractivity contribution is -0.119. The molecule has 2 amide bonds. The first-order chi connectivity index (χ1) is 12.5. The molecular formula is C19H32N4O3. The van der Waals surface area contributed by atoms with Crippen LogP contribution in [-0.2, 0) is 14.3 Å². The van der Waals surface area contributed by atoms with Crippen molar-refractivity contribution in [3.63, 3.8) is 0 Å². The molecule has 0 radical (unpaired) electrons. The standard InChI is InChI=1S/C19H32N4O3/c1-3-22-8-4-15(5-9-22)14-17(24)21-18(19(20)25)16-6-10-23(11-7-16)12-13-26-2/h14H,3-13H2,1-2H3,(H2,20,25)(H,21,24). The average molecular weight is 364 g/mol. The van der Waals surface area contributed by atoms with E-state index in [4.69, 9.17) is 10.5 Å². The van der Waals surface area contributed by atoms with Crippen molar-refractivity contribution in [2.75, 3.05) is 53.0 Å². The van der Waals surface area contributed by atoms with Gasteiger partial charge in [-0.1, -0.05) is 12.5 Å². The SMILES string of the molecule is CCN1CCC(=CC(=O)NC(C(N)=O)=C2CCN(CCOC)CC2)CC1. The third-order valence-corrected chi connectivity index (χ3v) is 5.20. The van der Waals surface area contributed by atoms with Crippen molar-refractivity contribution < 1.29 is 14.3 Å². The van der Waals surface area contributed by atoms with Crippen molar-refractivity contribution >= 4 is 11.8 Å². The largest absolute Gasteiger partial charge is 0.383 e. The summed E-state index contributed by atoms with van der Waals surface area (Å²) in [5, 5.41) is 2.75. The van der Waals surface area contributed by atoms with Gasteiger partial charge in [0.25, 0.3) is 5.91 Å². The number of primary amides is 1. The number of carbonyl (C=O) groups excluding carboxylic acids is 2. The molecular weight excluding hydrogens is 332 g/mol. The summed E-state index contributed by atoms with van der Waals surface area (Å²) < 4.78 is 5.10. The number of likely N-dealkylation sites (tertiary alicyclic amines) is 2. The summed E-state index contributed by atoms with van der Waals surface area (Å²) in [6, 6.07) is 0. The number of carbonyl (C=O) groups is 2. The van der Waals surface area contributed by atoms with Gasteiger partial charge in [-0.15, -0.1) is 0 Å². The third-order valence-electron chi connectivity index (χ3n) is 5.20. The highest BCUT2D eigenvalue weighted by Gasteiger charge is 2.21. The lowest BCUT2D eigenvalue weighted by atomic mass is 10.0. The summed E-state index contributed by atoms with van der Waals surface area (Å²) in [6.45, 7) is 8.42. The second kappa shape index (κ2) is 10.4. The molecule has 146 valence electrons. The van der Waals surface area contributed by atoms with Gasteiger partial charge >= 0.3 is 0 Å². The number of nitrogens with one attached hydrogen (secondary N) is 1. The highest BCUT2D eigenvalue weighted by molar-refractivity contribution is 6.00. The third kappa shape index (κ3) is 6.23. The van der Waals surface area contributed by atoms with E-state index in [1.165, 1.54) is 0 Å². The van der Waals surface area contributed by atoms with Gasteiger partial charge in [0.15, 0.2) is 0 Å². The Kier molecular flexibility index (Phi) is 8.28. The summed E-state index contributed by atoms with van der Waals surface area (Å²) in [4.78, 5) is 28.9. The normalized spacial score (nSPS) is 19.3. The van der Waals surface area contributed by atoms with Crippen LogP contribution in [0.4, 0.5) is 0 Å². The predicted octanol–water partition coefficient (Wildman–Crippen LogP) is 0.626. The Balaban J connectivity index is 1.94. The second-order valence-corrected chi connectivity index (χ2v) is 6.90. The van der Waals surface area contributed by atoms with E-state index in [1.807, 2.05) is 0 Å². The zero-order chi connectivity index (χ0) is 18.9. The maximum absolute atomic E-state index is 12.4. The fourth-order valence-electron chi connectivity index (χ4n) is 3.49. The highest BCUT2D eigenvalue weighted by Crippen LogP contribution is 2.19. The average Bonchev–Trinajstić information content (AvgIpc) is 2.65. The Morgan fingerprint density at radius 2 is 1.73 bits per heavy atom. The summed E-state index contributed by atoms with van der Waals surface area (Å²) in [5.74, 6) is -0.800. The Labute approximate surface area is 156 Å². The van der Waals surface area contributed by atoms with Crippen molar-refractivity contribution in [1.82, 2.24) is 15.1 Å². The Hall–Kier alpha value is -1.70. The summed E-state index contributed by atoms with van der Waals surface area (Å²) in [5.41, 5.74) is 7.89. The molecule has 0 atom stereocenters. The number of piperidine rings is 2. The van der Waals surface area contributed by atoms with Crippen LogP contribution in [0.1, 0.15) is 32.6 Å². The number of methoxy groups -OCH3 is 1. The van der Waals surface area contributed by atoms with Gasteiger partial charge in [0.1, 0.15) is 5.70 Å². The van der Waals surface area contributed by atoms with Gasteiger partial charge < -0.3 is 25.6 Å². The van der Waals surface area contributed by atoms with E-state index >= 15 is 0 Å². The molecule has 26 heavy (non-hydrogen) atoms. The number of ether oxygens (including phenoxy) is 1. The number of nitrogens with two attached hydrogens (primary N) is 1. The van der Waals surface area contributed by atoms with Gasteiger partial charge in [0, 0.05) is 45.9 Å². The molecule has 0 aromatic rings. The van der Waals surface area contributed by atoms with E-state index in [-0.39, 0.29) is 11.6 Å². The number of nitrogens with zero attached hydrogens (tertiary/aromatic N) is 2. The highest BCUT2D eigenvalue weighted by atomic mass is 16.5. The first-order valence-corrected chi connectivity index (χ1v) is 9.49. The Morgan fingerprint density at radius 1 is 1.12 bits per heavy atom. The second-order valence-electron chi connectivity index (χ2n) is 6.90. The molecule has 0 aromatic carbocycles. The van der Waals surface area contributed by atoms with E-state index in [9.17, 15) is 9.59 Å². The van der Waals surface area contributed by atoms with Gasteiger partial charge in [-0.05, 0) is 37.8 Å². The zero-order valence-corrected chi connectivity index (χ0v) is 16.1. The topological polar surface area (TPSA) is 87.9 Å². The van der Waals surface area contributed by atoms with Gasteiger partial charge in [-0.2, -0.15) is 0 Å². The monoisotopic (exact) mass is 364 g/mol. The van der Waals surface area contributed by atoms with Gasteiger partial charge in [-0.3, -0.25) is 9.59 Å². The van der Waals surface area contributed by atoms with E-state index in [1.54, 1.807) is 13.2 Å². The van der Waals surface area contributed by atoms with Crippen molar-refractivity contribution in [2.45, 2.75) is 32.6 Å². The van der Waals surface area contributed by atoms with E-state index in [0.29, 0.717) is 6.61 Å². The maximum atomic E-state index is 12.4. The van der Waals surface area contributed by atoms with Crippen LogP contribution in [0.2, 0.25) is 0 Å². The molecule has 2 heterocycles. The van der Waals surface area contributed by atoms with E-state index in [2.05, 4.69) is 22.0 Å². The molecule has 2 aliphatic rings. The van der Waals surface area contributed by atoms with Gasteiger partial charge in [-0.25, -0.2) is 0 Å². The molecule has 0 aromatic heterocycles. The first-order valence-electron chi connectivity index (χ1n) is 9.49. The molecule has 2 saturated heterocycles. The molecule has 7 heteroatoms. The van der Waals surface area contributed by atoms with Crippen molar-refractivity contribution in [2.24, 2.45) is 5.73 Å². The van der Waals surface area contributed by atoms with E-state index in [0.717, 1.165) is 76.1 Å². The zero-order valence-electron chi connectivity index (χ0n) is 16.1. The molecule has 3 N–H and O–H groups in total. The minimum absolute atomic E-state index is 0.243. The van der Waals surface area contributed by atoms with Gasteiger partial charge in [0.05, 0.1) is 6.61 Å². The van der Waals surface area contributed by atoms with Crippen molar-refractivity contribution in [1.29, 1.82) is 0 Å². The van der Waals surface area contributed by atoms with Crippen molar-refractivity contribution in [3.05, 3.63) is 22.9 Å². The van der Waals surface area contributed by atoms with Crippen LogP contribution in [0.15, 0.2) is 22.9 Å². The lowest BCUT2D eigenvalue weighted by Gasteiger charge is -2.29. The van der Waals surface area contributed by atoms with Gasteiger partial charge in [0.2, 0.25) is 5.91 Å². The minimum atomic E-state index is -0.558. The van der Waals surface area contributed by atoms with E-state index < -0.39 is 5.91 Å². The first kappa shape index (κ1) is 20.6. The molecule has 0 bridgehead atoms. The molecule has 0 spiro atoms. The molecule has 2 aliphatic heterocycles. The molecule has 0 saturated carbocycles. The van der Waals surface area contributed by atoms with Crippen LogP contribution >= 0.6 is 0 Å². The lowest BCUT2D eigenvalue weighted by Crippen LogP contribution is -2.37. The maximum Gasteiger partial charge on any atom is 0.265 e. The summed E-state index contributed by atoms with van der Waals surface area (Å²) >= 11 is 0. The fourth-order valence-corrected chi connectivity index (χ4v) is 3.49. The molecule has 7 nitrogen and oxygen atoms in total. The molecule has 0 aliphatic carbocycles. The fraction of sp³-hybridized carbons (Fsp3) is 0.684. The summed E-state index contributed by atoms with van der Waals surface area (Å²) in [7, 11) is 1.69. The number of rotatable bonds is 7. The predicted molar refractivity (Wildman–Crippen MR) is 101 cm³/mol. The molecule has 0 unspecified atom stereocenters.